The number of hydrogen-bond donors (Lipinski definition) is 1. The highest BCUT2D eigenvalue weighted by Gasteiger charge is 2.12. The van der Waals surface area contributed by atoms with Crippen LogP contribution in [-0.2, 0) is 6.54 Å². The molecule has 2 aromatic rings. The molecule has 0 aromatic heterocycles. The Morgan fingerprint density at radius 1 is 1.17 bits per heavy atom. The van der Waals surface area contributed by atoms with E-state index in [1.165, 1.54) is 11.1 Å². The molecule has 0 saturated carbocycles. The van der Waals surface area contributed by atoms with E-state index in [0.717, 1.165) is 18.8 Å². The van der Waals surface area contributed by atoms with E-state index in [4.69, 9.17) is 16.3 Å². The van der Waals surface area contributed by atoms with Gasteiger partial charge in [0.05, 0.1) is 0 Å². The average Bonchev–Trinajstić information content (AvgIpc) is 2.54. The Hall–Kier alpha value is -1.55. The fraction of sp³-hybridized carbons (Fsp3) is 0.368. The van der Waals surface area contributed by atoms with E-state index < -0.39 is 6.10 Å². The van der Waals surface area contributed by atoms with Crippen LogP contribution in [0.2, 0.25) is 5.02 Å². The third-order valence-corrected chi connectivity index (χ3v) is 3.91. The Balaban J connectivity index is 1.82. The molecule has 0 radical (unpaired) electrons. The zero-order chi connectivity index (χ0) is 16.7. The zero-order valence-corrected chi connectivity index (χ0v) is 14.5. The number of aryl methyl sites for hydroxylation is 1. The van der Waals surface area contributed by atoms with Gasteiger partial charge in [-0.15, -0.1) is 0 Å². The summed E-state index contributed by atoms with van der Waals surface area (Å²) >= 11 is 5.84. The molecule has 0 aliphatic heterocycles. The molecule has 0 spiro atoms. The van der Waals surface area contributed by atoms with Gasteiger partial charge in [-0.05, 0) is 43.3 Å². The molecule has 124 valence electrons. The highest BCUT2D eigenvalue weighted by Crippen LogP contribution is 2.16. The molecule has 2 rings (SSSR count). The van der Waals surface area contributed by atoms with Crippen LogP contribution >= 0.6 is 11.6 Å². The van der Waals surface area contributed by atoms with Crippen molar-refractivity contribution >= 4 is 11.6 Å². The minimum absolute atomic E-state index is 0.270. The lowest BCUT2D eigenvalue weighted by atomic mass is 10.1. The predicted octanol–water partition coefficient (Wildman–Crippen LogP) is 3.91. The number of benzene rings is 2. The molecular formula is C19H24ClNO2. The minimum atomic E-state index is -0.532. The summed E-state index contributed by atoms with van der Waals surface area (Å²) < 4.78 is 5.60. The number of likely N-dealkylation sites (N-methyl/N-ethyl adjacent to an activating group) is 1. The molecule has 0 amide bonds. The van der Waals surface area contributed by atoms with Crippen molar-refractivity contribution in [1.29, 1.82) is 0 Å². The van der Waals surface area contributed by atoms with Crippen LogP contribution in [0.3, 0.4) is 0 Å². The number of rotatable bonds is 8. The van der Waals surface area contributed by atoms with E-state index in [-0.39, 0.29) is 6.61 Å². The maximum Gasteiger partial charge on any atom is 0.119 e. The third kappa shape index (κ3) is 6.22. The van der Waals surface area contributed by atoms with Crippen molar-refractivity contribution in [2.45, 2.75) is 26.5 Å². The Morgan fingerprint density at radius 2 is 1.91 bits per heavy atom. The molecule has 1 atom stereocenters. The van der Waals surface area contributed by atoms with Crippen LogP contribution in [-0.4, -0.2) is 35.8 Å². The van der Waals surface area contributed by atoms with Crippen LogP contribution < -0.4 is 4.74 Å². The quantitative estimate of drug-likeness (QED) is 0.795. The molecule has 23 heavy (non-hydrogen) atoms. The smallest absolute Gasteiger partial charge is 0.119 e. The van der Waals surface area contributed by atoms with Crippen LogP contribution in [0.5, 0.6) is 5.75 Å². The number of ether oxygens (including phenoxy) is 1. The van der Waals surface area contributed by atoms with Crippen LogP contribution in [0.25, 0.3) is 0 Å². The summed E-state index contributed by atoms with van der Waals surface area (Å²) in [5.41, 5.74) is 2.52. The Kier molecular flexibility index (Phi) is 6.90. The topological polar surface area (TPSA) is 32.7 Å². The second kappa shape index (κ2) is 8.92. The number of nitrogens with zero attached hydrogens (tertiary/aromatic N) is 1. The first kappa shape index (κ1) is 17.8. The summed E-state index contributed by atoms with van der Waals surface area (Å²) in [7, 11) is 0. The van der Waals surface area contributed by atoms with Crippen molar-refractivity contribution in [3.05, 3.63) is 64.7 Å². The average molecular weight is 334 g/mol. The minimum Gasteiger partial charge on any atom is -0.491 e. The van der Waals surface area contributed by atoms with E-state index in [2.05, 4.69) is 43.0 Å². The van der Waals surface area contributed by atoms with Crippen molar-refractivity contribution in [2.24, 2.45) is 0 Å². The molecular weight excluding hydrogens is 310 g/mol. The first-order chi connectivity index (χ1) is 11.1. The molecule has 3 nitrogen and oxygen atoms in total. The monoisotopic (exact) mass is 333 g/mol. The summed E-state index contributed by atoms with van der Waals surface area (Å²) in [6, 6.07) is 15.6. The van der Waals surface area contributed by atoms with Crippen LogP contribution in [0, 0.1) is 6.92 Å². The normalized spacial score (nSPS) is 12.4. The first-order valence-electron chi connectivity index (χ1n) is 7.91. The summed E-state index contributed by atoms with van der Waals surface area (Å²) in [5.74, 6) is 0.718. The molecule has 0 bridgehead atoms. The van der Waals surface area contributed by atoms with Crippen LogP contribution in [0.1, 0.15) is 18.1 Å². The van der Waals surface area contributed by atoms with Gasteiger partial charge in [0.25, 0.3) is 0 Å². The molecule has 1 N–H and O–H groups in total. The molecule has 0 aliphatic rings. The Bertz CT molecular complexity index is 601. The van der Waals surface area contributed by atoms with Crippen molar-refractivity contribution in [3.63, 3.8) is 0 Å². The summed E-state index contributed by atoms with van der Waals surface area (Å²) in [6.07, 6.45) is -0.532. The van der Waals surface area contributed by atoms with Crippen molar-refractivity contribution < 1.29 is 9.84 Å². The van der Waals surface area contributed by atoms with Gasteiger partial charge in [-0.25, -0.2) is 0 Å². The largest absolute Gasteiger partial charge is 0.491 e. The molecule has 0 aliphatic carbocycles. The SMILES string of the molecule is CCN(Cc1cccc(C)c1)CC(O)COc1ccc(Cl)cc1. The summed E-state index contributed by atoms with van der Waals surface area (Å²) in [4.78, 5) is 2.21. The van der Waals surface area contributed by atoms with Crippen molar-refractivity contribution in [3.8, 4) is 5.75 Å². The fourth-order valence-corrected chi connectivity index (χ4v) is 2.57. The highest BCUT2D eigenvalue weighted by atomic mass is 35.5. The molecule has 0 heterocycles. The van der Waals surface area contributed by atoms with Crippen LogP contribution in [0.15, 0.2) is 48.5 Å². The van der Waals surface area contributed by atoms with E-state index in [9.17, 15) is 5.11 Å². The maximum atomic E-state index is 10.2. The standard InChI is InChI=1S/C19H24ClNO2/c1-3-21(12-16-6-4-5-15(2)11-16)13-18(22)14-23-19-9-7-17(20)8-10-19/h4-11,18,22H,3,12-14H2,1-2H3. The van der Waals surface area contributed by atoms with E-state index in [0.29, 0.717) is 11.6 Å². The van der Waals surface area contributed by atoms with Crippen molar-refractivity contribution in [1.82, 2.24) is 4.90 Å². The number of halogens is 1. The molecule has 1 unspecified atom stereocenters. The van der Waals surface area contributed by atoms with Crippen LogP contribution in [0.4, 0.5) is 0 Å². The van der Waals surface area contributed by atoms with E-state index >= 15 is 0 Å². The lowest BCUT2D eigenvalue weighted by Crippen LogP contribution is -2.35. The van der Waals surface area contributed by atoms with E-state index in [1.54, 1.807) is 24.3 Å². The van der Waals surface area contributed by atoms with Gasteiger partial charge in [-0.2, -0.15) is 0 Å². The second-order valence-corrected chi connectivity index (χ2v) is 6.17. The second-order valence-electron chi connectivity index (χ2n) is 5.74. The lowest BCUT2D eigenvalue weighted by Gasteiger charge is -2.24. The number of aliphatic hydroxyl groups excluding tert-OH is 1. The molecule has 0 fully saturated rings. The van der Waals surface area contributed by atoms with Crippen molar-refractivity contribution in [2.75, 3.05) is 19.7 Å². The fourth-order valence-electron chi connectivity index (χ4n) is 2.45. The highest BCUT2D eigenvalue weighted by molar-refractivity contribution is 6.30. The Morgan fingerprint density at radius 3 is 2.57 bits per heavy atom. The summed E-state index contributed by atoms with van der Waals surface area (Å²) in [5, 5.41) is 10.9. The van der Waals surface area contributed by atoms with Gasteiger partial charge in [0.2, 0.25) is 0 Å². The zero-order valence-electron chi connectivity index (χ0n) is 13.7. The van der Waals surface area contributed by atoms with Gasteiger partial charge in [0, 0.05) is 18.1 Å². The van der Waals surface area contributed by atoms with Gasteiger partial charge in [0.15, 0.2) is 0 Å². The Labute approximate surface area is 143 Å². The predicted molar refractivity (Wildman–Crippen MR) is 95.1 cm³/mol. The van der Waals surface area contributed by atoms with E-state index in [1.807, 2.05) is 0 Å². The number of hydrogen-bond acceptors (Lipinski definition) is 3. The molecule has 0 saturated heterocycles. The number of aliphatic hydroxyl groups is 1. The van der Waals surface area contributed by atoms with Gasteiger partial charge >= 0.3 is 0 Å². The van der Waals surface area contributed by atoms with Gasteiger partial charge in [0.1, 0.15) is 18.5 Å². The van der Waals surface area contributed by atoms with Gasteiger partial charge in [-0.1, -0.05) is 48.4 Å². The third-order valence-electron chi connectivity index (χ3n) is 3.66. The lowest BCUT2D eigenvalue weighted by molar-refractivity contribution is 0.0675. The first-order valence-corrected chi connectivity index (χ1v) is 8.29. The maximum absolute atomic E-state index is 10.2. The van der Waals surface area contributed by atoms with Gasteiger partial charge < -0.3 is 9.84 Å². The molecule has 4 heteroatoms. The summed E-state index contributed by atoms with van der Waals surface area (Å²) in [6.45, 7) is 6.75. The van der Waals surface area contributed by atoms with Gasteiger partial charge in [-0.3, -0.25) is 4.90 Å². The molecule has 2 aromatic carbocycles.